The van der Waals surface area contributed by atoms with Gasteiger partial charge in [-0.2, -0.15) is 10.5 Å². The van der Waals surface area contributed by atoms with Crippen LogP contribution in [0.1, 0.15) is 35.7 Å². The highest BCUT2D eigenvalue weighted by Gasteiger charge is 2.19. The quantitative estimate of drug-likeness (QED) is 0.708. The van der Waals surface area contributed by atoms with Crippen LogP contribution in [0.15, 0.2) is 18.2 Å². The molecule has 0 fully saturated rings. The molecule has 0 aliphatic heterocycles. The first-order valence-electron chi connectivity index (χ1n) is 7.96. The molecule has 0 unspecified atom stereocenters. The van der Waals surface area contributed by atoms with Crippen LogP contribution >= 0.6 is 0 Å². The maximum absolute atomic E-state index is 12.3. The van der Waals surface area contributed by atoms with Gasteiger partial charge in [-0.15, -0.1) is 0 Å². The van der Waals surface area contributed by atoms with E-state index >= 15 is 0 Å². The molecule has 0 saturated heterocycles. The molecular weight excluding hydrogens is 336 g/mol. The monoisotopic (exact) mass is 356 g/mol. The van der Waals surface area contributed by atoms with E-state index in [1.807, 2.05) is 12.1 Å². The van der Waals surface area contributed by atoms with Crippen molar-refractivity contribution in [2.24, 2.45) is 0 Å². The second-order valence-corrected chi connectivity index (χ2v) is 5.45. The van der Waals surface area contributed by atoms with Gasteiger partial charge < -0.3 is 15.0 Å². The maximum Gasteiger partial charge on any atom is 0.340 e. The number of carbonyl (C=O) groups is 3. The minimum absolute atomic E-state index is 0.121. The van der Waals surface area contributed by atoms with E-state index in [1.165, 1.54) is 17.9 Å². The normalized spacial score (nSPS) is 9.54. The van der Waals surface area contributed by atoms with Gasteiger partial charge in [-0.1, -0.05) is 12.1 Å². The molecule has 1 rings (SSSR count). The van der Waals surface area contributed by atoms with E-state index in [2.05, 4.69) is 5.32 Å². The van der Waals surface area contributed by atoms with Gasteiger partial charge >= 0.3 is 5.97 Å². The van der Waals surface area contributed by atoms with Gasteiger partial charge in [0, 0.05) is 20.0 Å². The Morgan fingerprint density at radius 1 is 1.15 bits per heavy atom. The van der Waals surface area contributed by atoms with E-state index in [-0.39, 0.29) is 37.4 Å². The average Bonchev–Trinajstić information content (AvgIpc) is 2.61. The molecule has 2 amide bonds. The first kappa shape index (κ1) is 20.7. The number of hydrogen-bond donors (Lipinski definition) is 1. The Kier molecular flexibility index (Phi) is 8.32. The van der Waals surface area contributed by atoms with Crippen molar-refractivity contribution in [3.63, 3.8) is 0 Å². The number of nitrogens with one attached hydrogen (secondary N) is 1. The van der Waals surface area contributed by atoms with Crippen LogP contribution in [0.3, 0.4) is 0 Å². The molecule has 0 radical (unpaired) electrons. The summed E-state index contributed by atoms with van der Waals surface area (Å²) in [6, 6.07) is 8.73. The molecule has 26 heavy (non-hydrogen) atoms. The maximum atomic E-state index is 12.3. The predicted molar refractivity (Wildman–Crippen MR) is 92.8 cm³/mol. The second kappa shape index (κ2) is 10.5. The first-order valence-corrected chi connectivity index (χ1v) is 7.96. The Morgan fingerprint density at radius 3 is 2.31 bits per heavy atom. The molecular formula is C18H20N4O4. The lowest BCUT2D eigenvalue weighted by atomic mass is 10.1. The van der Waals surface area contributed by atoms with Crippen molar-refractivity contribution in [3.05, 3.63) is 29.3 Å². The van der Waals surface area contributed by atoms with Crippen LogP contribution in [-0.2, 0) is 14.3 Å². The molecule has 0 aromatic heterocycles. The lowest BCUT2D eigenvalue weighted by molar-refractivity contribution is -0.134. The molecule has 8 heteroatoms. The molecule has 1 aromatic carbocycles. The summed E-state index contributed by atoms with van der Waals surface area (Å²) in [5.41, 5.74) is 1.17. The van der Waals surface area contributed by atoms with Crippen LogP contribution < -0.4 is 5.32 Å². The molecule has 136 valence electrons. The summed E-state index contributed by atoms with van der Waals surface area (Å²) in [6.45, 7) is 2.88. The molecule has 0 aliphatic rings. The molecule has 0 spiro atoms. The zero-order chi connectivity index (χ0) is 19.5. The van der Waals surface area contributed by atoms with Crippen molar-refractivity contribution in [1.29, 1.82) is 10.5 Å². The van der Waals surface area contributed by atoms with Crippen molar-refractivity contribution < 1.29 is 19.1 Å². The summed E-state index contributed by atoms with van der Waals surface area (Å²) < 4.78 is 5.06. The van der Waals surface area contributed by atoms with Gasteiger partial charge in [0.2, 0.25) is 5.91 Å². The number of para-hydroxylation sites is 1. The smallest absolute Gasteiger partial charge is 0.340 e. The molecule has 0 aliphatic carbocycles. The van der Waals surface area contributed by atoms with Crippen LogP contribution in [0.25, 0.3) is 0 Å². The number of rotatable bonds is 8. The number of hydrogen-bond acceptors (Lipinski definition) is 6. The van der Waals surface area contributed by atoms with Crippen LogP contribution in [-0.4, -0.2) is 42.4 Å². The fraction of sp³-hybridized carbons (Fsp3) is 0.389. The zero-order valence-corrected chi connectivity index (χ0v) is 14.7. The number of carbonyl (C=O) groups excluding carboxylic acids is 3. The topological polar surface area (TPSA) is 123 Å². The number of aryl methyl sites for hydroxylation is 1. The molecule has 1 N–H and O–H groups in total. The minimum Gasteiger partial charge on any atom is -0.452 e. The lowest BCUT2D eigenvalue weighted by Gasteiger charge is -2.20. The van der Waals surface area contributed by atoms with Gasteiger partial charge in [0.1, 0.15) is 0 Å². The number of esters is 1. The van der Waals surface area contributed by atoms with Gasteiger partial charge in [0.15, 0.2) is 6.61 Å². The SMILES string of the molecule is CC(=O)Nc1c(C)cccc1C(=O)OCC(=O)N(CCC#N)CCC#N. The van der Waals surface area contributed by atoms with Gasteiger partial charge in [-0.05, 0) is 18.6 Å². The Bertz CT molecular complexity index is 743. The van der Waals surface area contributed by atoms with Crippen molar-refractivity contribution in [2.45, 2.75) is 26.7 Å². The number of amides is 2. The number of nitrogens with zero attached hydrogens (tertiary/aromatic N) is 3. The third kappa shape index (κ3) is 6.25. The van der Waals surface area contributed by atoms with Crippen LogP contribution in [0, 0.1) is 29.6 Å². The second-order valence-electron chi connectivity index (χ2n) is 5.45. The standard InChI is InChI=1S/C18H20N4O4/c1-13-6-3-7-15(17(13)21-14(2)23)18(25)26-12-16(24)22(10-4-8-19)11-5-9-20/h3,6-7H,4-5,10-12H2,1-2H3,(H,21,23). The van der Waals surface area contributed by atoms with E-state index in [1.54, 1.807) is 19.1 Å². The Hall–Kier alpha value is -3.39. The number of ether oxygens (including phenoxy) is 1. The summed E-state index contributed by atoms with van der Waals surface area (Å²) >= 11 is 0. The van der Waals surface area contributed by atoms with Gasteiger partial charge in [0.25, 0.3) is 5.91 Å². The van der Waals surface area contributed by atoms with Gasteiger partial charge in [-0.3, -0.25) is 9.59 Å². The van der Waals surface area contributed by atoms with Crippen LogP contribution in [0.5, 0.6) is 0 Å². The van der Waals surface area contributed by atoms with E-state index < -0.39 is 18.5 Å². The highest BCUT2D eigenvalue weighted by Crippen LogP contribution is 2.21. The molecule has 0 bridgehead atoms. The van der Waals surface area contributed by atoms with E-state index in [0.717, 1.165) is 0 Å². The highest BCUT2D eigenvalue weighted by atomic mass is 16.5. The zero-order valence-electron chi connectivity index (χ0n) is 14.7. The van der Waals surface area contributed by atoms with Gasteiger partial charge in [0.05, 0.1) is 36.2 Å². The predicted octanol–water partition coefficient (Wildman–Crippen LogP) is 1.77. The van der Waals surface area contributed by atoms with Crippen LogP contribution in [0.2, 0.25) is 0 Å². The lowest BCUT2D eigenvalue weighted by Crippen LogP contribution is -2.36. The molecule has 8 nitrogen and oxygen atoms in total. The van der Waals surface area contributed by atoms with E-state index in [9.17, 15) is 14.4 Å². The number of benzene rings is 1. The van der Waals surface area contributed by atoms with E-state index in [0.29, 0.717) is 11.3 Å². The summed E-state index contributed by atoms with van der Waals surface area (Å²) in [5.74, 6) is -1.56. The van der Waals surface area contributed by atoms with Crippen molar-refractivity contribution in [3.8, 4) is 12.1 Å². The molecule has 1 aromatic rings. The fourth-order valence-electron chi connectivity index (χ4n) is 2.21. The minimum atomic E-state index is -0.744. The fourth-order valence-corrected chi connectivity index (χ4v) is 2.21. The van der Waals surface area contributed by atoms with Crippen molar-refractivity contribution >= 4 is 23.5 Å². The highest BCUT2D eigenvalue weighted by molar-refractivity contribution is 6.02. The first-order chi connectivity index (χ1) is 12.4. The number of nitriles is 2. The van der Waals surface area contributed by atoms with Crippen LogP contribution in [0.4, 0.5) is 5.69 Å². The summed E-state index contributed by atoms with van der Waals surface area (Å²) in [6.07, 6.45) is 0.241. The summed E-state index contributed by atoms with van der Waals surface area (Å²) in [4.78, 5) is 37.1. The van der Waals surface area contributed by atoms with Gasteiger partial charge in [-0.25, -0.2) is 4.79 Å². The summed E-state index contributed by atoms with van der Waals surface area (Å²) in [5, 5.41) is 19.9. The molecule has 0 heterocycles. The third-order valence-corrected chi connectivity index (χ3v) is 3.46. The molecule has 0 saturated carbocycles. The van der Waals surface area contributed by atoms with E-state index in [4.69, 9.17) is 15.3 Å². The third-order valence-electron chi connectivity index (χ3n) is 3.46. The summed E-state index contributed by atoms with van der Waals surface area (Å²) in [7, 11) is 0. The van der Waals surface area contributed by atoms with Crippen molar-refractivity contribution in [2.75, 3.05) is 25.0 Å². The van der Waals surface area contributed by atoms with Crippen molar-refractivity contribution in [1.82, 2.24) is 4.90 Å². The Morgan fingerprint density at radius 2 is 1.77 bits per heavy atom. The molecule has 0 atom stereocenters. The Balaban J connectivity index is 2.80. The largest absolute Gasteiger partial charge is 0.452 e. The number of anilines is 1. The average molecular weight is 356 g/mol. The Labute approximate surface area is 152 Å².